The number of aromatic amines is 1. The Balaban J connectivity index is 1.68. The molecule has 2 heterocycles. The molecule has 1 N–H and O–H groups in total. The van der Waals surface area contributed by atoms with Crippen LogP contribution in [-0.2, 0) is 9.31 Å². The third-order valence-corrected chi connectivity index (χ3v) is 6.63. The Morgan fingerprint density at radius 1 is 1.11 bits per heavy atom. The molecule has 1 aliphatic heterocycles. The quantitative estimate of drug-likeness (QED) is 0.824. The van der Waals surface area contributed by atoms with Crippen LogP contribution < -0.4 is 11.0 Å². The molecule has 5 nitrogen and oxygen atoms in total. The largest absolute Gasteiger partial charge is 0.494 e. The molecule has 1 saturated heterocycles. The summed E-state index contributed by atoms with van der Waals surface area (Å²) in [5.74, 6) is 1.15. The van der Waals surface area contributed by atoms with Crippen LogP contribution in [0.5, 0.6) is 0 Å². The van der Waals surface area contributed by atoms with Crippen LogP contribution in [0.2, 0.25) is 0 Å². The second-order valence-electron chi connectivity index (χ2n) is 9.92. The molecule has 0 bridgehead atoms. The lowest BCUT2D eigenvalue weighted by molar-refractivity contribution is 0.00578. The van der Waals surface area contributed by atoms with Gasteiger partial charge >= 0.3 is 7.12 Å². The molecule has 1 aliphatic carbocycles. The predicted octanol–water partition coefficient (Wildman–Crippen LogP) is 3.52. The van der Waals surface area contributed by atoms with Gasteiger partial charge < -0.3 is 14.3 Å². The van der Waals surface area contributed by atoms with E-state index in [1.54, 1.807) is 0 Å². The Morgan fingerprint density at radius 2 is 1.78 bits per heavy atom. The van der Waals surface area contributed by atoms with E-state index in [1.807, 2.05) is 45.9 Å². The SMILES string of the molecule is CC1(C)CC[C@H](c2nc3ccc(B4OC(C)(C)C(C)(C)O4)cc3c(=O)[nH]2)C1. The normalized spacial score (nSPS) is 26.0. The van der Waals surface area contributed by atoms with Gasteiger partial charge in [0.25, 0.3) is 5.56 Å². The standard InChI is InChI=1S/C21H29BN2O3/c1-19(2)10-9-13(12-19)17-23-16-8-7-14(11-15(16)18(25)24-17)22-26-20(3,4)21(5,6)27-22/h7-8,11,13H,9-10,12H2,1-6H3,(H,23,24,25)/t13-/m0/s1. The number of nitrogens with zero attached hydrogens (tertiary/aromatic N) is 1. The lowest BCUT2D eigenvalue weighted by Gasteiger charge is -2.32. The fourth-order valence-electron chi connectivity index (χ4n) is 4.16. The van der Waals surface area contributed by atoms with Gasteiger partial charge in [-0.3, -0.25) is 4.79 Å². The van der Waals surface area contributed by atoms with Crippen molar-refractivity contribution in [3.05, 3.63) is 34.4 Å². The first-order valence-electron chi connectivity index (χ1n) is 9.87. The molecule has 0 unspecified atom stereocenters. The van der Waals surface area contributed by atoms with E-state index in [9.17, 15) is 4.79 Å². The zero-order valence-corrected chi connectivity index (χ0v) is 17.2. The first-order valence-corrected chi connectivity index (χ1v) is 9.87. The summed E-state index contributed by atoms with van der Waals surface area (Å²) < 4.78 is 12.2. The van der Waals surface area contributed by atoms with Crippen molar-refractivity contribution in [1.29, 1.82) is 0 Å². The van der Waals surface area contributed by atoms with E-state index in [4.69, 9.17) is 14.3 Å². The molecule has 2 aliphatic rings. The molecule has 0 radical (unpaired) electrons. The number of fused-ring (bicyclic) bond motifs is 1. The van der Waals surface area contributed by atoms with Gasteiger partial charge in [-0.1, -0.05) is 19.9 Å². The molecular formula is C21H29BN2O3. The predicted molar refractivity (Wildman–Crippen MR) is 108 cm³/mol. The topological polar surface area (TPSA) is 64.2 Å². The van der Waals surface area contributed by atoms with Crippen molar-refractivity contribution >= 4 is 23.5 Å². The second-order valence-corrected chi connectivity index (χ2v) is 9.92. The summed E-state index contributed by atoms with van der Waals surface area (Å²) >= 11 is 0. The van der Waals surface area contributed by atoms with Gasteiger partial charge in [-0.15, -0.1) is 0 Å². The smallest absolute Gasteiger partial charge is 0.399 e. The van der Waals surface area contributed by atoms with E-state index in [0.29, 0.717) is 16.7 Å². The van der Waals surface area contributed by atoms with Crippen molar-refractivity contribution in [3.63, 3.8) is 0 Å². The highest BCUT2D eigenvalue weighted by Crippen LogP contribution is 2.45. The second kappa shape index (κ2) is 5.92. The van der Waals surface area contributed by atoms with Crippen molar-refractivity contribution in [1.82, 2.24) is 9.97 Å². The van der Waals surface area contributed by atoms with Crippen molar-refractivity contribution in [2.75, 3.05) is 0 Å². The van der Waals surface area contributed by atoms with Crippen LogP contribution in [0, 0.1) is 5.41 Å². The van der Waals surface area contributed by atoms with E-state index < -0.39 is 18.3 Å². The lowest BCUT2D eigenvalue weighted by atomic mass is 9.78. The molecule has 0 amide bonds. The lowest BCUT2D eigenvalue weighted by Crippen LogP contribution is -2.41. The maximum atomic E-state index is 12.8. The Morgan fingerprint density at radius 3 is 2.37 bits per heavy atom. The van der Waals surface area contributed by atoms with Crippen LogP contribution in [0.1, 0.15) is 72.5 Å². The van der Waals surface area contributed by atoms with Gasteiger partial charge in [0.05, 0.1) is 22.1 Å². The zero-order valence-electron chi connectivity index (χ0n) is 17.2. The van der Waals surface area contributed by atoms with Gasteiger partial charge in [0.1, 0.15) is 5.82 Å². The molecule has 2 aromatic rings. The third kappa shape index (κ3) is 3.23. The summed E-state index contributed by atoms with van der Waals surface area (Å²) in [6.07, 6.45) is 3.31. The highest BCUT2D eigenvalue weighted by Gasteiger charge is 2.51. The summed E-state index contributed by atoms with van der Waals surface area (Å²) in [7, 11) is -0.478. The number of aromatic nitrogens is 2. The minimum absolute atomic E-state index is 0.0851. The number of nitrogens with one attached hydrogen (secondary N) is 1. The summed E-state index contributed by atoms with van der Waals surface area (Å²) in [5.41, 5.74) is 1.01. The minimum Gasteiger partial charge on any atom is -0.399 e. The average Bonchev–Trinajstić information content (AvgIpc) is 3.03. The van der Waals surface area contributed by atoms with Crippen LogP contribution in [-0.4, -0.2) is 28.3 Å². The summed E-state index contributed by atoms with van der Waals surface area (Å²) in [6.45, 7) is 12.7. The zero-order chi connectivity index (χ0) is 19.6. The fraction of sp³-hybridized carbons (Fsp3) is 0.619. The number of benzene rings is 1. The van der Waals surface area contributed by atoms with Crippen LogP contribution in [0.15, 0.2) is 23.0 Å². The molecule has 1 saturated carbocycles. The number of hydrogen-bond acceptors (Lipinski definition) is 4. The van der Waals surface area contributed by atoms with Crippen LogP contribution in [0.4, 0.5) is 0 Å². The highest BCUT2D eigenvalue weighted by atomic mass is 16.7. The van der Waals surface area contributed by atoms with E-state index in [1.165, 1.54) is 6.42 Å². The van der Waals surface area contributed by atoms with Gasteiger partial charge in [0, 0.05) is 5.92 Å². The molecule has 144 valence electrons. The van der Waals surface area contributed by atoms with Gasteiger partial charge in [-0.05, 0) is 70.0 Å². The Bertz CT molecular complexity index is 932. The maximum absolute atomic E-state index is 12.8. The number of hydrogen-bond donors (Lipinski definition) is 1. The van der Waals surface area contributed by atoms with E-state index in [-0.39, 0.29) is 5.56 Å². The maximum Gasteiger partial charge on any atom is 0.494 e. The van der Waals surface area contributed by atoms with E-state index >= 15 is 0 Å². The molecular weight excluding hydrogens is 339 g/mol. The van der Waals surface area contributed by atoms with Crippen LogP contribution in [0.25, 0.3) is 10.9 Å². The summed E-state index contributed by atoms with van der Waals surface area (Å²) in [4.78, 5) is 20.6. The Kier molecular flexibility index (Phi) is 4.10. The third-order valence-electron chi connectivity index (χ3n) is 6.63. The van der Waals surface area contributed by atoms with Crippen LogP contribution in [0.3, 0.4) is 0 Å². The van der Waals surface area contributed by atoms with E-state index in [2.05, 4.69) is 18.8 Å². The van der Waals surface area contributed by atoms with Gasteiger partial charge in [-0.25, -0.2) is 4.98 Å². The fourth-order valence-corrected chi connectivity index (χ4v) is 4.16. The summed E-state index contributed by atoms with van der Waals surface area (Å²) in [6, 6.07) is 5.72. The molecule has 27 heavy (non-hydrogen) atoms. The van der Waals surface area contributed by atoms with Crippen molar-refractivity contribution in [2.45, 2.75) is 77.9 Å². The highest BCUT2D eigenvalue weighted by molar-refractivity contribution is 6.62. The van der Waals surface area contributed by atoms with Crippen LogP contribution >= 0.6 is 0 Å². The summed E-state index contributed by atoms with van der Waals surface area (Å²) in [5, 5.41) is 0.586. The average molecular weight is 368 g/mol. The number of rotatable bonds is 2. The first kappa shape index (κ1) is 18.7. The van der Waals surface area contributed by atoms with Crippen molar-refractivity contribution in [2.24, 2.45) is 5.41 Å². The Hall–Kier alpha value is -1.66. The molecule has 1 aromatic carbocycles. The monoisotopic (exact) mass is 368 g/mol. The molecule has 1 aromatic heterocycles. The van der Waals surface area contributed by atoms with Crippen molar-refractivity contribution in [3.8, 4) is 0 Å². The van der Waals surface area contributed by atoms with Crippen molar-refractivity contribution < 1.29 is 9.31 Å². The van der Waals surface area contributed by atoms with Gasteiger partial charge in [-0.2, -0.15) is 0 Å². The molecule has 2 fully saturated rings. The van der Waals surface area contributed by atoms with Gasteiger partial charge in [0.15, 0.2) is 0 Å². The molecule has 0 spiro atoms. The number of H-pyrrole nitrogens is 1. The minimum atomic E-state index is -0.478. The van der Waals surface area contributed by atoms with Gasteiger partial charge in [0.2, 0.25) is 0 Å². The molecule has 4 rings (SSSR count). The molecule has 1 atom stereocenters. The van der Waals surface area contributed by atoms with E-state index in [0.717, 1.165) is 29.6 Å². The molecule has 6 heteroatoms. The Labute approximate surface area is 161 Å². The first-order chi connectivity index (χ1) is 12.5.